The molecule has 0 fully saturated rings. The van der Waals surface area contributed by atoms with Crippen LogP contribution in [0.1, 0.15) is 11.1 Å². The van der Waals surface area contributed by atoms with E-state index in [1.54, 1.807) is 0 Å². The number of benzene rings is 6. The molecule has 6 aromatic rings. The van der Waals surface area contributed by atoms with Gasteiger partial charge in [-0.25, -0.2) is 0 Å². The van der Waals surface area contributed by atoms with Gasteiger partial charge in [0.2, 0.25) is 0 Å². The maximum absolute atomic E-state index is 2.32. The minimum atomic E-state index is 1.05. The Bertz CT molecular complexity index is 1470. The molecule has 6 aromatic carbocycles. The highest BCUT2D eigenvalue weighted by Gasteiger charge is 2.22. The lowest BCUT2D eigenvalue weighted by Crippen LogP contribution is -1.87. The Kier molecular flexibility index (Phi) is 2.38. The van der Waals surface area contributed by atoms with Gasteiger partial charge >= 0.3 is 0 Å². The topological polar surface area (TPSA) is 0 Å². The van der Waals surface area contributed by atoms with E-state index in [-0.39, 0.29) is 0 Å². The molecule has 0 N–H and O–H groups in total. The van der Waals surface area contributed by atoms with E-state index in [0.29, 0.717) is 0 Å². The SMILES string of the molecule is c1ccc2c(c1)c1ccccc1c1c3cccc4c3c3c(cccc3c21)C4. The second-order valence-corrected chi connectivity index (χ2v) is 7.70. The van der Waals surface area contributed by atoms with Crippen LogP contribution in [-0.4, -0.2) is 0 Å². The summed E-state index contributed by atoms with van der Waals surface area (Å²) in [7, 11) is 0. The first-order valence-corrected chi connectivity index (χ1v) is 9.60. The molecule has 0 aliphatic heterocycles. The molecule has 0 spiro atoms. The van der Waals surface area contributed by atoms with Gasteiger partial charge in [-0.1, -0.05) is 84.9 Å². The van der Waals surface area contributed by atoms with E-state index in [4.69, 9.17) is 0 Å². The molecule has 7 rings (SSSR count). The van der Waals surface area contributed by atoms with Crippen LogP contribution in [0, 0.1) is 0 Å². The highest BCUT2D eigenvalue weighted by molar-refractivity contribution is 6.40. The fourth-order valence-corrected chi connectivity index (χ4v) is 5.41. The van der Waals surface area contributed by atoms with Crippen molar-refractivity contribution in [1.29, 1.82) is 0 Å². The lowest BCUT2D eigenvalue weighted by molar-refractivity contribution is 1.27. The van der Waals surface area contributed by atoms with E-state index in [1.807, 2.05) is 0 Å². The van der Waals surface area contributed by atoms with Crippen molar-refractivity contribution in [2.24, 2.45) is 0 Å². The van der Waals surface area contributed by atoms with Crippen LogP contribution in [-0.2, 0) is 6.42 Å². The van der Waals surface area contributed by atoms with Crippen LogP contribution < -0.4 is 0 Å². The molecule has 1 aliphatic rings. The molecule has 0 saturated carbocycles. The molecule has 0 radical (unpaired) electrons. The average molecular weight is 340 g/mol. The largest absolute Gasteiger partial charge is 0.0616 e. The van der Waals surface area contributed by atoms with Gasteiger partial charge in [-0.3, -0.25) is 0 Å². The van der Waals surface area contributed by atoms with Crippen LogP contribution >= 0.6 is 0 Å². The zero-order valence-corrected chi connectivity index (χ0v) is 14.8. The first-order valence-electron chi connectivity index (χ1n) is 9.60. The van der Waals surface area contributed by atoms with Gasteiger partial charge in [0.15, 0.2) is 0 Å². The lowest BCUT2D eigenvalue weighted by atomic mass is 9.87. The molecular weight excluding hydrogens is 324 g/mol. The third-order valence-electron chi connectivity index (χ3n) is 6.40. The summed E-state index contributed by atoms with van der Waals surface area (Å²) in [5.41, 5.74) is 2.94. The minimum absolute atomic E-state index is 1.05. The maximum Gasteiger partial charge on any atom is -0.00130 e. The summed E-state index contributed by atoms with van der Waals surface area (Å²) in [6.07, 6.45) is 1.05. The quantitative estimate of drug-likeness (QED) is 0.253. The van der Waals surface area contributed by atoms with Crippen LogP contribution in [0.15, 0.2) is 84.9 Å². The van der Waals surface area contributed by atoms with E-state index in [2.05, 4.69) is 84.9 Å². The molecule has 0 nitrogen and oxygen atoms in total. The number of rotatable bonds is 0. The van der Waals surface area contributed by atoms with Crippen molar-refractivity contribution in [3.8, 4) is 0 Å². The summed E-state index contributed by atoms with van der Waals surface area (Å²) in [5.74, 6) is 0. The van der Waals surface area contributed by atoms with Crippen LogP contribution in [0.25, 0.3) is 53.9 Å². The van der Waals surface area contributed by atoms with Crippen molar-refractivity contribution in [3.63, 3.8) is 0 Å². The molecule has 0 amide bonds. The van der Waals surface area contributed by atoms with Gasteiger partial charge < -0.3 is 0 Å². The van der Waals surface area contributed by atoms with Crippen molar-refractivity contribution in [3.05, 3.63) is 96.1 Å². The third kappa shape index (κ3) is 1.56. The summed E-state index contributed by atoms with van der Waals surface area (Å²) in [6.45, 7) is 0. The molecule has 27 heavy (non-hydrogen) atoms. The lowest BCUT2D eigenvalue weighted by Gasteiger charge is -2.15. The molecule has 0 unspecified atom stereocenters. The molecule has 0 heterocycles. The molecular formula is C27H16. The molecule has 0 heteroatoms. The Labute approximate surface area is 156 Å². The van der Waals surface area contributed by atoms with Gasteiger partial charge in [0.1, 0.15) is 0 Å². The normalized spacial score (nSPS) is 13.0. The zero-order chi connectivity index (χ0) is 17.5. The highest BCUT2D eigenvalue weighted by atomic mass is 14.2. The van der Waals surface area contributed by atoms with Crippen LogP contribution in [0.3, 0.4) is 0 Å². The first-order chi connectivity index (χ1) is 13.4. The molecule has 0 aromatic heterocycles. The monoisotopic (exact) mass is 340 g/mol. The predicted octanol–water partition coefficient (Wildman–Crippen LogP) is 7.36. The molecule has 124 valence electrons. The Morgan fingerprint density at radius 3 is 1.22 bits per heavy atom. The summed E-state index contributed by atoms with van der Waals surface area (Å²) in [5, 5.41) is 14.0. The standard InChI is InChI=1S/C27H16/c1-3-11-20-18(9-1)19-10-2-4-12-21(19)27-23-14-6-8-17-15-16-7-5-13-22(26(20)27)24(16)25(17)23/h1-14H,15H2. The van der Waals surface area contributed by atoms with Gasteiger partial charge in [0.25, 0.3) is 0 Å². The fourth-order valence-electron chi connectivity index (χ4n) is 5.41. The summed E-state index contributed by atoms with van der Waals surface area (Å²) in [4.78, 5) is 0. The molecule has 0 atom stereocenters. The second-order valence-electron chi connectivity index (χ2n) is 7.70. The Morgan fingerprint density at radius 2 is 0.741 bits per heavy atom. The smallest absolute Gasteiger partial charge is 0.00130 e. The van der Waals surface area contributed by atoms with Crippen molar-refractivity contribution >= 4 is 53.9 Å². The van der Waals surface area contributed by atoms with E-state index in [9.17, 15) is 0 Å². The number of hydrogen-bond acceptors (Lipinski definition) is 0. The Balaban J connectivity index is 2.00. The van der Waals surface area contributed by atoms with E-state index in [1.165, 1.54) is 65.0 Å². The molecule has 0 bridgehead atoms. The van der Waals surface area contributed by atoms with Crippen molar-refractivity contribution in [2.45, 2.75) is 6.42 Å². The first kappa shape index (κ1) is 13.8. The van der Waals surface area contributed by atoms with E-state index >= 15 is 0 Å². The number of fused-ring (bicyclic) bond motifs is 8. The highest BCUT2D eigenvalue weighted by Crippen LogP contribution is 2.47. The van der Waals surface area contributed by atoms with Gasteiger partial charge in [0, 0.05) is 0 Å². The van der Waals surface area contributed by atoms with Gasteiger partial charge in [-0.2, -0.15) is 0 Å². The van der Waals surface area contributed by atoms with Gasteiger partial charge in [-0.15, -0.1) is 0 Å². The zero-order valence-electron chi connectivity index (χ0n) is 14.8. The second kappa shape index (κ2) is 4.66. The average Bonchev–Trinajstić information content (AvgIpc) is 3.12. The molecule has 1 aliphatic carbocycles. The molecule has 0 saturated heterocycles. The summed E-state index contributed by atoms with van der Waals surface area (Å²) < 4.78 is 0. The van der Waals surface area contributed by atoms with Crippen molar-refractivity contribution < 1.29 is 0 Å². The third-order valence-corrected chi connectivity index (χ3v) is 6.40. The minimum Gasteiger partial charge on any atom is -0.0616 e. The Morgan fingerprint density at radius 1 is 0.333 bits per heavy atom. The number of hydrogen-bond donors (Lipinski definition) is 0. The Hall–Kier alpha value is -3.38. The van der Waals surface area contributed by atoms with Crippen LogP contribution in [0.4, 0.5) is 0 Å². The maximum atomic E-state index is 2.32. The van der Waals surface area contributed by atoms with Crippen LogP contribution in [0.2, 0.25) is 0 Å². The predicted molar refractivity (Wildman–Crippen MR) is 117 cm³/mol. The van der Waals surface area contributed by atoms with Gasteiger partial charge in [-0.05, 0) is 71.4 Å². The van der Waals surface area contributed by atoms with E-state index in [0.717, 1.165) is 6.42 Å². The summed E-state index contributed by atoms with van der Waals surface area (Å²) in [6, 6.07) is 31.5. The van der Waals surface area contributed by atoms with Crippen molar-refractivity contribution in [2.75, 3.05) is 0 Å². The fraction of sp³-hybridized carbons (Fsp3) is 0.0370. The van der Waals surface area contributed by atoms with Crippen molar-refractivity contribution in [1.82, 2.24) is 0 Å². The van der Waals surface area contributed by atoms with Gasteiger partial charge in [0.05, 0.1) is 0 Å². The summed E-state index contributed by atoms with van der Waals surface area (Å²) >= 11 is 0. The van der Waals surface area contributed by atoms with Crippen LogP contribution in [0.5, 0.6) is 0 Å². The van der Waals surface area contributed by atoms with E-state index < -0.39 is 0 Å².